The van der Waals surface area contributed by atoms with Gasteiger partial charge >= 0.3 is 6.18 Å². The lowest BCUT2D eigenvalue weighted by Crippen LogP contribution is -2.36. The lowest BCUT2D eigenvalue weighted by Gasteiger charge is -2.30. The van der Waals surface area contributed by atoms with Crippen molar-refractivity contribution in [3.63, 3.8) is 0 Å². The van der Waals surface area contributed by atoms with Crippen molar-refractivity contribution in [2.24, 2.45) is 0 Å². The Morgan fingerprint density at radius 1 is 1.12 bits per heavy atom. The summed E-state index contributed by atoms with van der Waals surface area (Å²) in [6.45, 7) is 1.60. The van der Waals surface area contributed by atoms with Crippen molar-refractivity contribution < 1.29 is 26.7 Å². The number of nitrogens with zero attached hydrogens (tertiary/aromatic N) is 1. The number of carbonyl (C=O) groups is 1. The van der Waals surface area contributed by atoms with Crippen molar-refractivity contribution in [2.45, 2.75) is 38.0 Å². The summed E-state index contributed by atoms with van der Waals surface area (Å²) in [7, 11) is 0. The first-order chi connectivity index (χ1) is 12.2. The number of benzene rings is 2. The summed E-state index contributed by atoms with van der Waals surface area (Å²) < 4.78 is 65.9. The van der Waals surface area contributed by atoms with Crippen LogP contribution in [0.3, 0.4) is 0 Å². The Bertz CT molecular complexity index is 829. The molecule has 1 aliphatic rings. The fraction of sp³-hybridized carbons (Fsp3) is 0.316. The summed E-state index contributed by atoms with van der Waals surface area (Å²) in [6, 6.07) is 6.54. The minimum Gasteiger partial charge on any atom is -0.329 e. The lowest BCUT2D eigenvalue weighted by molar-refractivity contribution is -0.137. The van der Waals surface area contributed by atoms with E-state index in [1.807, 2.05) is 0 Å². The fourth-order valence-corrected chi connectivity index (χ4v) is 2.95. The van der Waals surface area contributed by atoms with E-state index in [2.05, 4.69) is 0 Å². The Morgan fingerprint density at radius 3 is 2.38 bits per heavy atom. The smallest absolute Gasteiger partial charge is 0.329 e. The predicted molar refractivity (Wildman–Crippen MR) is 85.4 cm³/mol. The van der Waals surface area contributed by atoms with Crippen LogP contribution in [0.5, 0.6) is 0 Å². The Hall–Kier alpha value is -2.44. The number of hydrogen-bond donors (Lipinski definition) is 0. The van der Waals surface area contributed by atoms with Crippen LogP contribution in [0.15, 0.2) is 42.5 Å². The van der Waals surface area contributed by atoms with E-state index in [1.165, 1.54) is 17.0 Å². The third-order valence-corrected chi connectivity index (χ3v) is 4.45. The quantitative estimate of drug-likeness (QED) is 0.666. The highest BCUT2D eigenvalue weighted by Gasteiger charge is 2.38. The number of hydrogen-bond acceptors (Lipinski definition) is 1. The monoisotopic (exact) mass is 369 g/mol. The summed E-state index contributed by atoms with van der Waals surface area (Å²) in [5, 5.41) is 0. The zero-order valence-electron chi connectivity index (χ0n) is 13.9. The van der Waals surface area contributed by atoms with Gasteiger partial charge in [-0.15, -0.1) is 0 Å². The van der Waals surface area contributed by atoms with Gasteiger partial charge in [0.1, 0.15) is 11.6 Å². The van der Waals surface area contributed by atoms with Crippen LogP contribution in [0.1, 0.15) is 47.3 Å². The SMILES string of the molecule is CC(c1cccc(C(F)(F)F)c1)N(C(=O)c1ccc(F)cc1F)C1CC1. The summed E-state index contributed by atoms with van der Waals surface area (Å²) in [4.78, 5) is 14.2. The Labute approximate surface area is 147 Å². The van der Waals surface area contributed by atoms with Gasteiger partial charge in [-0.3, -0.25) is 4.79 Å². The van der Waals surface area contributed by atoms with Crippen LogP contribution >= 0.6 is 0 Å². The van der Waals surface area contributed by atoms with Gasteiger partial charge in [-0.25, -0.2) is 8.78 Å². The second kappa shape index (κ2) is 6.70. The fourth-order valence-electron chi connectivity index (χ4n) is 2.95. The van der Waals surface area contributed by atoms with Gasteiger partial charge in [-0.2, -0.15) is 13.2 Å². The van der Waals surface area contributed by atoms with E-state index < -0.39 is 35.3 Å². The standard InChI is InChI=1S/C19H16F5NO/c1-11(12-3-2-4-13(9-12)19(22,23)24)25(15-6-7-15)18(26)16-8-5-14(20)10-17(16)21/h2-5,8-11,15H,6-7H2,1H3. The van der Waals surface area contributed by atoms with Crippen LogP contribution in [-0.4, -0.2) is 16.8 Å². The molecule has 1 atom stereocenters. The van der Waals surface area contributed by atoms with E-state index in [9.17, 15) is 26.7 Å². The Kier molecular flexibility index (Phi) is 4.73. The minimum absolute atomic E-state index is 0.170. The van der Waals surface area contributed by atoms with Crippen molar-refractivity contribution in [1.82, 2.24) is 4.90 Å². The number of rotatable bonds is 4. The number of halogens is 5. The topological polar surface area (TPSA) is 20.3 Å². The second-order valence-corrected chi connectivity index (χ2v) is 6.37. The third kappa shape index (κ3) is 3.71. The van der Waals surface area contributed by atoms with Crippen molar-refractivity contribution >= 4 is 5.91 Å². The van der Waals surface area contributed by atoms with Gasteiger partial charge in [0, 0.05) is 12.1 Å². The molecule has 0 heterocycles. The molecule has 26 heavy (non-hydrogen) atoms. The van der Waals surface area contributed by atoms with Gasteiger partial charge < -0.3 is 4.90 Å². The molecule has 1 amide bonds. The molecule has 7 heteroatoms. The van der Waals surface area contributed by atoms with Crippen molar-refractivity contribution in [3.05, 3.63) is 70.8 Å². The van der Waals surface area contributed by atoms with Crippen molar-refractivity contribution in [3.8, 4) is 0 Å². The average molecular weight is 369 g/mol. The zero-order valence-corrected chi connectivity index (χ0v) is 13.9. The molecule has 1 aliphatic carbocycles. The van der Waals surface area contributed by atoms with Gasteiger partial charge in [0.2, 0.25) is 0 Å². The lowest BCUT2D eigenvalue weighted by atomic mass is 10.0. The minimum atomic E-state index is -4.49. The second-order valence-electron chi connectivity index (χ2n) is 6.37. The first-order valence-corrected chi connectivity index (χ1v) is 8.13. The van der Waals surface area contributed by atoms with E-state index in [4.69, 9.17) is 0 Å². The first kappa shape index (κ1) is 18.4. The maximum atomic E-state index is 14.0. The van der Waals surface area contributed by atoms with Crippen molar-refractivity contribution in [1.29, 1.82) is 0 Å². The van der Waals surface area contributed by atoms with E-state index in [-0.39, 0.29) is 11.6 Å². The molecule has 0 spiro atoms. The van der Waals surface area contributed by atoms with Crippen LogP contribution < -0.4 is 0 Å². The van der Waals surface area contributed by atoms with Gasteiger partial charge in [-0.1, -0.05) is 12.1 Å². The normalized spacial score (nSPS) is 15.6. The summed E-state index contributed by atoms with van der Waals surface area (Å²) in [5.41, 5.74) is -0.794. The molecule has 0 aliphatic heterocycles. The van der Waals surface area contributed by atoms with Crippen LogP contribution in [0, 0.1) is 11.6 Å². The summed E-state index contributed by atoms with van der Waals surface area (Å²) in [6.07, 6.45) is -3.11. The van der Waals surface area contributed by atoms with Crippen molar-refractivity contribution in [2.75, 3.05) is 0 Å². The number of alkyl halides is 3. The van der Waals surface area contributed by atoms with Gasteiger partial charge in [0.25, 0.3) is 5.91 Å². The van der Waals surface area contributed by atoms with E-state index in [0.717, 1.165) is 24.3 Å². The molecule has 0 radical (unpaired) electrons. The molecule has 1 unspecified atom stereocenters. The average Bonchev–Trinajstić information content (AvgIpc) is 3.39. The molecule has 2 aromatic rings. The van der Waals surface area contributed by atoms with Gasteiger partial charge in [0.05, 0.1) is 17.2 Å². The molecule has 2 nitrogen and oxygen atoms in total. The Morgan fingerprint density at radius 2 is 1.81 bits per heavy atom. The third-order valence-electron chi connectivity index (χ3n) is 4.45. The first-order valence-electron chi connectivity index (χ1n) is 8.13. The number of amides is 1. The molecule has 0 bridgehead atoms. The molecule has 0 aromatic heterocycles. The maximum absolute atomic E-state index is 14.0. The molecule has 2 aromatic carbocycles. The molecule has 1 fully saturated rings. The highest BCUT2D eigenvalue weighted by Crippen LogP contribution is 2.37. The predicted octanol–water partition coefficient (Wildman–Crippen LogP) is 5.35. The van der Waals surface area contributed by atoms with Crippen LogP contribution in [0.25, 0.3) is 0 Å². The van der Waals surface area contributed by atoms with Crippen LogP contribution in [0.4, 0.5) is 22.0 Å². The summed E-state index contributed by atoms with van der Waals surface area (Å²) in [5.74, 6) is -2.45. The highest BCUT2D eigenvalue weighted by atomic mass is 19.4. The largest absolute Gasteiger partial charge is 0.416 e. The van der Waals surface area contributed by atoms with E-state index in [1.54, 1.807) is 6.92 Å². The van der Waals surface area contributed by atoms with Gasteiger partial charge in [0.15, 0.2) is 0 Å². The highest BCUT2D eigenvalue weighted by molar-refractivity contribution is 5.95. The molecular formula is C19H16F5NO. The van der Waals surface area contributed by atoms with Crippen LogP contribution in [-0.2, 0) is 6.18 Å². The van der Waals surface area contributed by atoms with E-state index >= 15 is 0 Å². The molecule has 1 saturated carbocycles. The maximum Gasteiger partial charge on any atom is 0.416 e. The molecule has 0 saturated heterocycles. The Balaban J connectivity index is 1.94. The van der Waals surface area contributed by atoms with Gasteiger partial charge in [-0.05, 0) is 49.6 Å². The van der Waals surface area contributed by atoms with E-state index in [0.29, 0.717) is 24.5 Å². The summed E-state index contributed by atoms with van der Waals surface area (Å²) >= 11 is 0. The molecular weight excluding hydrogens is 353 g/mol. The molecule has 3 rings (SSSR count). The zero-order chi connectivity index (χ0) is 19.1. The van der Waals surface area contributed by atoms with Crippen LogP contribution in [0.2, 0.25) is 0 Å². The number of carbonyl (C=O) groups excluding carboxylic acids is 1. The molecule has 0 N–H and O–H groups in total. The molecule has 138 valence electrons.